The van der Waals surface area contributed by atoms with E-state index in [9.17, 15) is 4.79 Å². The molecule has 1 heterocycles. The summed E-state index contributed by atoms with van der Waals surface area (Å²) in [6.07, 6.45) is 7.85. The number of aryl methyl sites for hydroxylation is 1. The highest BCUT2D eigenvalue weighted by Gasteiger charge is 2.36. The molecular weight excluding hydrogens is 260 g/mol. The van der Waals surface area contributed by atoms with E-state index in [0.717, 1.165) is 37.8 Å². The number of hydrogen-bond acceptors (Lipinski definition) is 4. The molecule has 0 saturated heterocycles. The second kappa shape index (κ2) is 5.61. The Hall–Kier alpha value is -1.56. The van der Waals surface area contributed by atoms with Crippen LogP contribution in [0.1, 0.15) is 48.3 Å². The Morgan fingerprint density at radius 1 is 1.32 bits per heavy atom. The third kappa shape index (κ3) is 3.07. The van der Waals surface area contributed by atoms with E-state index < -0.39 is 5.54 Å². The van der Waals surface area contributed by atoms with Gasteiger partial charge in [0.15, 0.2) is 0 Å². The number of nitrogens with two attached hydrogens (primary N) is 1. The number of hydrogen-bond donors (Lipinski definition) is 2. The molecule has 0 atom stereocenters. The lowest BCUT2D eigenvalue weighted by Crippen LogP contribution is -2.57. The highest BCUT2D eigenvalue weighted by Crippen LogP contribution is 2.28. The van der Waals surface area contributed by atoms with Gasteiger partial charge in [-0.05, 0) is 19.8 Å². The number of carbonyl (C=O) groups is 1. The SMILES string of the molecule is Cc1cnc(C(=O)NC2(C(N)=S)CCCCC2)cn1. The van der Waals surface area contributed by atoms with Gasteiger partial charge in [-0.15, -0.1) is 0 Å². The van der Waals surface area contributed by atoms with Crippen LogP contribution in [0.5, 0.6) is 0 Å². The van der Waals surface area contributed by atoms with Gasteiger partial charge < -0.3 is 11.1 Å². The van der Waals surface area contributed by atoms with Crippen molar-refractivity contribution >= 4 is 23.1 Å². The molecule has 6 heteroatoms. The van der Waals surface area contributed by atoms with Crippen LogP contribution in [0.15, 0.2) is 12.4 Å². The monoisotopic (exact) mass is 278 g/mol. The third-order valence-electron chi connectivity index (χ3n) is 3.55. The van der Waals surface area contributed by atoms with Crippen LogP contribution in [-0.2, 0) is 0 Å². The molecule has 2 rings (SSSR count). The molecule has 0 spiro atoms. The zero-order valence-electron chi connectivity index (χ0n) is 11.0. The Morgan fingerprint density at radius 2 is 2.00 bits per heavy atom. The lowest BCUT2D eigenvalue weighted by Gasteiger charge is -2.37. The summed E-state index contributed by atoms with van der Waals surface area (Å²) in [4.78, 5) is 20.7. The normalized spacial score (nSPS) is 17.7. The van der Waals surface area contributed by atoms with Crippen LogP contribution in [0.25, 0.3) is 0 Å². The van der Waals surface area contributed by atoms with Gasteiger partial charge in [-0.25, -0.2) is 4.98 Å². The molecule has 1 amide bonds. The largest absolute Gasteiger partial charge is 0.391 e. The van der Waals surface area contributed by atoms with E-state index in [1.54, 1.807) is 6.20 Å². The first-order valence-corrected chi connectivity index (χ1v) is 6.85. The van der Waals surface area contributed by atoms with Crippen molar-refractivity contribution in [3.05, 3.63) is 23.8 Å². The molecule has 5 nitrogen and oxygen atoms in total. The summed E-state index contributed by atoms with van der Waals surface area (Å²) in [5.41, 5.74) is 6.35. The van der Waals surface area contributed by atoms with E-state index in [1.165, 1.54) is 6.20 Å². The van der Waals surface area contributed by atoms with Crippen molar-refractivity contribution in [3.63, 3.8) is 0 Å². The molecule has 0 bridgehead atoms. The first kappa shape index (κ1) is 13.9. The van der Waals surface area contributed by atoms with Crippen molar-refractivity contribution in [3.8, 4) is 0 Å². The zero-order valence-corrected chi connectivity index (χ0v) is 11.8. The van der Waals surface area contributed by atoms with E-state index in [0.29, 0.717) is 10.7 Å². The molecule has 19 heavy (non-hydrogen) atoms. The Labute approximate surface area is 118 Å². The van der Waals surface area contributed by atoms with Crippen LogP contribution in [0.4, 0.5) is 0 Å². The van der Waals surface area contributed by atoms with Crippen molar-refractivity contribution in [2.45, 2.75) is 44.6 Å². The van der Waals surface area contributed by atoms with Gasteiger partial charge in [-0.3, -0.25) is 9.78 Å². The van der Waals surface area contributed by atoms with Crippen LogP contribution in [0.2, 0.25) is 0 Å². The van der Waals surface area contributed by atoms with Crippen LogP contribution in [-0.4, -0.2) is 26.4 Å². The molecule has 1 fully saturated rings. The quantitative estimate of drug-likeness (QED) is 0.819. The number of nitrogens with one attached hydrogen (secondary N) is 1. The molecule has 1 aliphatic carbocycles. The second-order valence-corrected chi connectivity index (χ2v) is 5.44. The fourth-order valence-corrected chi connectivity index (χ4v) is 2.63. The van der Waals surface area contributed by atoms with Crippen molar-refractivity contribution in [2.24, 2.45) is 5.73 Å². The maximum absolute atomic E-state index is 12.2. The summed E-state index contributed by atoms with van der Waals surface area (Å²) >= 11 is 5.14. The minimum absolute atomic E-state index is 0.262. The molecule has 102 valence electrons. The topological polar surface area (TPSA) is 80.9 Å². The molecule has 1 aromatic heterocycles. The van der Waals surface area contributed by atoms with E-state index in [2.05, 4.69) is 15.3 Å². The minimum Gasteiger partial charge on any atom is -0.391 e. The number of nitrogens with zero attached hydrogens (tertiary/aromatic N) is 2. The predicted octanol–water partition coefficient (Wildman–Crippen LogP) is 1.50. The maximum atomic E-state index is 12.2. The first-order chi connectivity index (χ1) is 9.03. The molecule has 1 aliphatic rings. The summed E-state index contributed by atoms with van der Waals surface area (Å²) in [7, 11) is 0. The highest BCUT2D eigenvalue weighted by atomic mass is 32.1. The van der Waals surface area contributed by atoms with Gasteiger partial charge >= 0.3 is 0 Å². The minimum atomic E-state index is -0.558. The van der Waals surface area contributed by atoms with Gasteiger partial charge in [0.1, 0.15) is 5.69 Å². The first-order valence-electron chi connectivity index (χ1n) is 6.44. The lowest BCUT2D eigenvalue weighted by atomic mass is 9.81. The number of carbonyl (C=O) groups excluding carboxylic acids is 1. The second-order valence-electron chi connectivity index (χ2n) is 5.00. The zero-order chi connectivity index (χ0) is 13.9. The molecule has 1 aromatic rings. The molecule has 1 saturated carbocycles. The average molecular weight is 278 g/mol. The third-order valence-corrected chi connectivity index (χ3v) is 3.94. The molecule has 3 N–H and O–H groups in total. The summed E-state index contributed by atoms with van der Waals surface area (Å²) in [5, 5.41) is 2.96. The van der Waals surface area contributed by atoms with Gasteiger partial charge in [0.25, 0.3) is 5.91 Å². The van der Waals surface area contributed by atoms with Crippen LogP contribution in [0, 0.1) is 6.92 Å². The molecule has 0 unspecified atom stereocenters. The van der Waals surface area contributed by atoms with Crippen LogP contribution >= 0.6 is 12.2 Å². The fraction of sp³-hybridized carbons (Fsp3) is 0.538. The Morgan fingerprint density at radius 3 is 2.53 bits per heavy atom. The van der Waals surface area contributed by atoms with Gasteiger partial charge in [0.2, 0.25) is 0 Å². The number of aromatic nitrogens is 2. The fourth-order valence-electron chi connectivity index (χ4n) is 2.38. The number of amides is 1. The molecule has 0 aliphatic heterocycles. The van der Waals surface area contributed by atoms with Crippen molar-refractivity contribution in [1.29, 1.82) is 0 Å². The van der Waals surface area contributed by atoms with Crippen molar-refractivity contribution in [2.75, 3.05) is 0 Å². The molecule has 0 aromatic carbocycles. The van der Waals surface area contributed by atoms with E-state index >= 15 is 0 Å². The molecule has 0 radical (unpaired) electrons. The van der Waals surface area contributed by atoms with Gasteiger partial charge in [-0.1, -0.05) is 31.5 Å². The van der Waals surface area contributed by atoms with Crippen molar-refractivity contribution < 1.29 is 4.79 Å². The molecular formula is C13H18N4OS. The van der Waals surface area contributed by atoms with Gasteiger partial charge in [0.05, 0.1) is 22.4 Å². The number of rotatable bonds is 3. The Bertz CT molecular complexity index is 480. The summed E-state index contributed by atoms with van der Waals surface area (Å²) in [5.74, 6) is -0.262. The standard InChI is InChI=1S/C13H18N4OS/c1-9-7-16-10(8-15-9)11(18)17-13(12(14)19)5-3-2-4-6-13/h7-8H,2-6H2,1H3,(H2,14,19)(H,17,18). The van der Waals surface area contributed by atoms with E-state index in [-0.39, 0.29) is 5.91 Å². The number of thiocarbonyl (C=S) groups is 1. The average Bonchev–Trinajstić information content (AvgIpc) is 2.40. The lowest BCUT2D eigenvalue weighted by molar-refractivity contribution is 0.0903. The predicted molar refractivity (Wildman–Crippen MR) is 76.8 cm³/mol. The Balaban J connectivity index is 2.15. The van der Waals surface area contributed by atoms with Gasteiger partial charge in [-0.2, -0.15) is 0 Å². The Kier molecular flexibility index (Phi) is 4.09. The summed E-state index contributed by atoms with van der Waals surface area (Å²) < 4.78 is 0. The highest BCUT2D eigenvalue weighted by molar-refractivity contribution is 7.80. The van der Waals surface area contributed by atoms with Gasteiger partial charge in [0, 0.05) is 6.20 Å². The van der Waals surface area contributed by atoms with Crippen LogP contribution < -0.4 is 11.1 Å². The van der Waals surface area contributed by atoms with Crippen molar-refractivity contribution in [1.82, 2.24) is 15.3 Å². The van der Waals surface area contributed by atoms with Crippen LogP contribution in [0.3, 0.4) is 0 Å². The van der Waals surface area contributed by atoms with E-state index in [4.69, 9.17) is 18.0 Å². The smallest absolute Gasteiger partial charge is 0.272 e. The summed E-state index contributed by atoms with van der Waals surface area (Å²) in [6.45, 7) is 1.83. The maximum Gasteiger partial charge on any atom is 0.272 e. The summed E-state index contributed by atoms with van der Waals surface area (Å²) in [6, 6.07) is 0. The van der Waals surface area contributed by atoms with E-state index in [1.807, 2.05) is 6.92 Å².